The third kappa shape index (κ3) is 4.28. The summed E-state index contributed by atoms with van der Waals surface area (Å²) in [6.07, 6.45) is 2.75. The van der Waals surface area contributed by atoms with Crippen LogP contribution in [0.2, 0.25) is 0 Å². The largest absolute Gasteiger partial charge is 0.497 e. The topological polar surface area (TPSA) is 69.0 Å². The van der Waals surface area contributed by atoms with Crippen LogP contribution in [0.5, 0.6) is 5.75 Å². The second-order valence-electron chi connectivity index (χ2n) is 7.48. The number of rotatable bonds is 7. The molecule has 1 N–H and O–H groups in total. The molecule has 0 aliphatic rings. The molecular formula is C25H26N4O2. The first-order chi connectivity index (χ1) is 15.1. The number of imidazole rings is 1. The predicted octanol–water partition coefficient (Wildman–Crippen LogP) is 5.01. The van der Waals surface area contributed by atoms with Crippen LogP contribution in [-0.2, 0) is 6.54 Å². The molecule has 2 aromatic heterocycles. The maximum absolute atomic E-state index is 12.9. The van der Waals surface area contributed by atoms with Crippen molar-refractivity contribution < 1.29 is 9.53 Å². The summed E-state index contributed by atoms with van der Waals surface area (Å²) >= 11 is 0. The lowest BCUT2D eigenvalue weighted by atomic mass is 10.1. The molecule has 0 fully saturated rings. The Morgan fingerprint density at radius 2 is 1.94 bits per heavy atom. The van der Waals surface area contributed by atoms with Crippen LogP contribution in [0.1, 0.15) is 42.2 Å². The zero-order chi connectivity index (χ0) is 21.8. The number of methoxy groups -OCH3 is 1. The minimum atomic E-state index is -0.129. The van der Waals surface area contributed by atoms with Crippen molar-refractivity contribution in [3.8, 4) is 17.1 Å². The van der Waals surface area contributed by atoms with Gasteiger partial charge in [0.15, 0.2) is 5.65 Å². The van der Waals surface area contributed by atoms with Crippen LogP contribution in [0.3, 0.4) is 0 Å². The highest BCUT2D eigenvalue weighted by Gasteiger charge is 2.16. The van der Waals surface area contributed by atoms with Crippen molar-refractivity contribution in [1.29, 1.82) is 0 Å². The first-order valence-electron chi connectivity index (χ1n) is 10.5. The number of pyridine rings is 1. The SMILES string of the molecule is CCCn1c(-c2cccc(C(=O)NC(C)c3ccc(OC)cc3)c2)nc2cccnc21. The Bertz CT molecular complexity index is 1200. The molecule has 0 saturated heterocycles. The fourth-order valence-corrected chi connectivity index (χ4v) is 3.67. The van der Waals surface area contributed by atoms with Gasteiger partial charge >= 0.3 is 0 Å². The van der Waals surface area contributed by atoms with E-state index < -0.39 is 0 Å². The van der Waals surface area contributed by atoms with Crippen molar-refractivity contribution >= 4 is 17.1 Å². The van der Waals surface area contributed by atoms with Gasteiger partial charge in [0.05, 0.1) is 13.2 Å². The Morgan fingerprint density at radius 3 is 2.68 bits per heavy atom. The highest BCUT2D eigenvalue weighted by atomic mass is 16.5. The molecule has 31 heavy (non-hydrogen) atoms. The van der Waals surface area contributed by atoms with E-state index in [1.54, 1.807) is 13.3 Å². The van der Waals surface area contributed by atoms with Gasteiger partial charge in [0, 0.05) is 23.9 Å². The number of hydrogen-bond acceptors (Lipinski definition) is 4. The third-order valence-electron chi connectivity index (χ3n) is 5.30. The van der Waals surface area contributed by atoms with Crippen LogP contribution in [0.25, 0.3) is 22.6 Å². The molecule has 0 aliphatic carbocycles. The number of benzene rings is 2. The smallest absolute Gasteiger partial charge is 0.251 e. The van der Waals surface area contributed by atoms with E-state index in [0.717, 1.165) is 46.8 Å². The summed E-state index contributed by atoms with van der Waals surface area (Å²) in [6, 6.07) is 19.0. The van der Waals surface area contributed by atoms with Gasteiger partial charge in [-0.15, -0.1) is 0 Å². The minimum Gasteiger partial charge on any atom is -0.497 e. The van der Waals surface area contributed by atoms with Gasteiger partial charge < -0.3 is 14.6 Å². The molecule has 0 aliphatic heterocycles. The Labute approximate surface area is 181 Å². The molecule has 1 unspecified atom stereocenters. The zero-order valence-corrected chi connectivity index (χ0v) is 18.0. The van der Waals surface area contributed by atoms with Crippen LogP contribution in [0.4, 0.5) is 0 Å². The summed E-state index contributed by atoms with van der Waals surface area (Å²) in [6.45, 7) is 4.91. The molecule has 0 radical (unpaired) electrons. The van der Waals surface area contributed by atoms with E-state index in [2.05, 4.69) is 21.8 Å². The van der Waals surface area contributed by atoms with Crippen molar-refractivity contribution in [2.45, 2.75) is 32.9 Å². The van der Waals surface area contributed by atoms with Gasteiger partial charge in [0.2, 0.25) is 0 Å². The summed E-state index contributed by atoms with van der Waals surface area (Å²) in [5.41, 5.74) is 4.23. The number of nitrogens with one attached hydrogen (secondary N) is 1. The molecule has 4 rings (SSSR count). The van der Waals surface area contributed by atoms with Crippen LogP contribution >= 0.6 is 0 Å². The average molecular weight is 415 g/mol. The number of hydrogen-bond donors (Lipinski definition) is 1. The van der Waals surface area contributed by atoms with Crippen LogP contribution < -0.4 is 10.1 Å². The number of fused-ring (bicyclic) bond motifs is 1. The standard InChI is InChI=1S/C25H26N4O2/c1-4-15-29-23(28-22-9-6-14-26-24(22)29)19-7-5-8-20(16-19)25(30)27-17(2)18-10-12-21(31-3)13-11-18/h5-14,16-17H,4,15H2,1-3H3,(H,27,30). The number of ether oxygens (including phenoxy) is 1. The van der Waals surface area contributed by atoms with Crippen molar-refractivity contribution in [2.24, 2.45) is 0 Å². The zero-order valence-electron chi connectivity index (χ0n) is 18.0. The van der Waals surface area contributed by atoms with Gasteiger partial charge in [-0.3, -0.25) is 4.79 Å². The van der Waals surface area contributed by atoms with Gasteiger partial charge in [-0.25, -0.2) is 9.97 Å². The molecule has 1 amide bonds. The first kappa shape index (κ1) is 20.6. The Morgan fingerprint density at radius 1 is 1.13 bits per heavy atom. The Balaban J connectivity index is 1.60. The van der Waals surface area contributed by atoms with Crippen molar-refractivity contribution in [3.05, 3.63) is 78.0 Å². The fourth-order valence-electron chi connectivity index (χ4n) is 3.67. The Hall–Kier alpha value is -3.67. The number of carbonyl (C=O) groups is 1. The van der Waals surface area contributed by atoms with Crippen LogP contribution in [-0.4, -0.2) is 27.6 Å². The van der Waals surface area contributed by atoms with Crippen molar-refractivity contribution in [1.82, 2.24) is 19.9 Å². The van der Waals surface area contributed by atoms with E-state index in [1.807, 2.05) is 67.6 Å². The quantitative estimate of drug-likeness (QED) is 0.462. The van der Waals surface area contributed by atoms with E-state index in [0.29, 0.717) is 5.56 Å². The molecule has 2 aromatic carbocycles. The van der Waals surface area contributed by atoms with Crippen LogP contribution in [0.15, 0.2) is 66.9 Å². The summed E-state index contributed by atoms with van der Waals surface area (Å²) in [5.74, 6) is 1.49. The number of carbonyl (C=O) groups excluding carboxylic acids is 1. The van der Waals surface area contributed by atoms with E-state index in [1.165, 1.54) is 0 Å². The molecular weight excluding hydrogens is 388 g/mol. The maximum atomic E-state index is 12.9. The van der Waals surface area contributed by atoms with E-state index in [-0.39, 0.29) is 11.9 Å². The van der Waals surface area contributed by atoms with E-state index in [4.69, 9.17) is 9.72 Å². The molecule has 2 heterocycles. The monoisotopic (exact) mass is 414 g/mol. The predicted molar refractivity (Wildman–Crippen MR) is 122 cm³/mol. The summed E-state index contributed by atoms with van der Waals surface area (Å²) in [5, 5.41) is 3.08. The molecule has 6 heteroatoms. The average Bonchev–Trinajstić information content (AvgIpc) is 3.18. The summed E-state index contributed by atoms with van der Waals surface area (Å²) < 4.78 is 7.32. The van der Waals surface area contributed by atoms with E-state index >= 15 is 0 Å². The van der Waals surface area contributed by atoms with Crippen molar-refractivity contribution in [2.75, 3.05) is 7.11 Å². The maximum Gasteiger partial charge on any atom is 0.251 e. The molecule has 6 nitrogen and oxygen atoms in total. The second kappa shape index (κ2) is 9.00. The highest BCUT2D eigenvalue weighted by Crippen LogP contribution is 2.25. The molecule has 4 aromatic rings. The molecule has 0 saturated carbocycles. The van der Waals surface area contributed by atoms with Gasteiger partial charge in [-0.1, -0.05) is 31.2 Å². The molecule has 158 valence electrons. The van der Waals surface area contributed by atoms with Crippen molar-refractivity contribution in [3.63, 3.8) is 0 Å². The van der Waals surface area contributed by atoms with Gasteiger partial charge in [-0.2, -0.15) is 0 Å². The molecule has 1 atom stereocenters. The van der Waals surface area contributed by atoms with E-state index in [9.17, 15) is 4.79 Å². The lowest BCUT2D eigenvalue weighted by Crippen LogP contribution is -2.26. The fraction of sp³-hybridized carbons (Fsp3) is 0.240. The normalized spacial score (nSPS) is 12.0. The number of aromatic nitrogens is 3. The molecule has 0 spiro atoms. The van der Waals surface area contributed by atoms with Gasteiger partial charge in [-0.05, 0) is 55.3 Å². The van der Waals surface area contributed by atoms with Gasteiger partial charge in [0.1, 0.15) is 17.1 Å². The third-order valence-corrected chi connectivity index (χ3v) is 5.30. The summed E-state index contributed by atoms with van der Waals surface area (Å²) in [4.78, 5) is 22.2. The Kier molecular flexibility index (Phi) is 5.98. The number of aryl methyl sites for hydroxylation is 1. The number of amides is 1. The van der Waals surface area contributed by atoms with Gasteiger partial charge in [0.25, 0.3) is 5.91 Å². The molecule has 0 bridgehead atoms. The lowest BCUT2D eigenvalue weighted by molar-refractivity contribution is 0.0940. The highest BCUT2D eigenvalue weighted by molar-refractivity contribution is 5.95. The minimum absolute atomic E-state index is 0.124. The lowest BCUT2D eigenvalue weighted by Gasteiger charge is -2.15. The summed E-state index contributed by atoms with van der Waals surface area (Å²) in [7, 11) is 1.64. The van der Waals surface area contributed by atoms with Crippen LogP contribution in [0, 0.1) is 0 Å². The number of nitrogens with zero attached hydrogens (tertiary/aromatic N) is 3. The first-order valence-corrected chi connectivity index (χ1v) is 10.5. The second-order valence-corrected chi connectivity index (χ2v) is 7.48.